The number of hydrogen-bond donors (Lipinski definition) is 0. The highest BCUT2D eigenvalue weighted by Gasteiger charge is 2.19. The van der Waals surface area contributed by atoms with Gasteiger partial charge < -0.3 is 4.18 Å². The van der Waals surface area contributed by atoms with E-state index < -0.39 is 15.0 Å². The molecule has 156 valence electrons. The Morgan fingerprint density at radius 2 is 1.61 bits per heavy atom. The summed E-state index contributed by atoms with van der Waals surface area (Å²) in [6.07, 6.45) is 1.39. The van der Waals surface area contributed by atoms with Crippen molar-refractivity contribution in [2.24, 2.45) is 0 Å². The van der Waals surface area contributed by atoms with E-state index in [0.717, 1.165) is 0 Å². The summed E-state index contributed by atoms with van der Waals surface area (Å²) in [6, 6.07) is 17.1. The van der Waals surface area contributed by atoms with Crippen LogP contribution in [0.25, 0.3) is 11.6 Å². The molecule has 0 aliphatic carbocycles. The Balaban J connectivity index is 2.01. The molecule has 10 heteroatoms. The summed E-state index contributed by atoms with van der Waals surface area (Å²) in [7, 11) is -4.18. The second-order valence-electron chi connectivity index (χ2n) is 6.15. The molecule has 0 spiro atoms. The molecule has 3 aromatic carbocycles. The lowest BCUT2D eigenvalue weighted by molar-refractivity contribution is -0.384. The van der Waals surface area contributed by atoms with Crippen LogP contribution in [0.1, 0.15) is 11.1 Å². The number of hydrogen-bond acceptors (Lipinski definition) is 6. The average Bonchev–Trinajstić information content (AvgIpc) is 2.74. The highest BCUT2D eigenvalue weighted by atomic mass is 35.5. The van der Waals surface area contributed by atoms with E-state index in [-0.39, 0.29) is 27.5 Å². The first-order chi connectivity index (χ1) is 14.7. The molecule has 0 amide bonds. The van der Waals surface area contributed by atoms with E-state index in [9.17, 15) is 23.8 Å². The molecule has 0 fully saturated rings. The number of nitrogens with zero attached hydrogens (tertiary/aromatic N) is 2. The third-order valence-electron chi connectivity index (χ3n) is 4.08. The Bertz CT molecular complexity index is 1310. The van der Waals surface area contributed by atoms with Gasteiger partial charge in [-0.3, -0.25) is 10.1 Å². The molecule has 0 aromatic heterocycles. The maximum Gasteiger partial charge on any atom is 0.339 e. The van der Waals surface area contributed by atoms with E-state index >= 15 is 0 Å². The molecular formula is C21H12Cl2N2O5S. The van der Waals surface area contributed by atoms with Gasteiger partial charge >= 0.3 is 10.1 Å². The van der Waals surface area contributed by atoms with Crippen molar-refractivity contribution in [3.8, 4) is 11.8 Å². The van der Waals surface area contributed by atoms with Crippen molar-refractivity contribution < 1.29 is 17.5 Å². The van der Waals surface area contributed by atoms with Gasteiger partial charge in [-0.1, -0.05) is 23.2 Å². The SMILES string of the molecule is N#C/C(=C\c1cc(Cl)ccc1OS(=O)(=O)c1ccc(Cl)cc1)c1ccc([N+](=O)[O-])cc1. The molecule has 7 nitrogen and oxygen atoms in total. The lowest BCUT2D eigenvalue weighted by atomic mass is 10.0. The quantitative estimate of drug-likeness (QED) is 0.148. The van der Waals surface area contributed by atoms with Gasteiger partial charge in [0.2, 0.25) is 0 Å². The average molecular weight is 475 g/mol. The predicted octanol–water partition coefficient (Wildman–Crippen LogP) is 5.73. The van der Waals surface area contributed by atoms with E-state index in [4.69, 9.17) is 27.4 Å². The zero-order valence-corrected chi connectivity index (χ0v) is 17.9. The van der Waals surface area contributed by atoms with Crippen molar-refractivity contribution in [3.63, 3.8) is 0 Å². The van der Waals surface area contributed by atoms with E-state index in [1.54, 1.807) is 0 Å². The van der Waals surface area contributed by atoms with Gasteiger partial charge in [0.05, 0.1) is 16.6 Å². The van der Waals surface area contributed by atoms with Gasteiger partial charge in [-0.05, 0) is 66.2 Å². The standard InChI is InChI=1S/C21H12Cl2N2O5S/c22-17-3-8-20(9-4-17)31(28,29)30-21-10-5-18(23)12-15(21)11-16(13-24)14-1-6-19(7-2-14)25(26)27/h1-12H/b16-11+. The zero-order chi connectivity index (χ0) is 22.6. The maximum absolute atomic E-state index is 12.6. The number of nitro groups is 1. The van der Waals surface area contributed by atoms with E-state index in [1.165, 1.54) is 72.8 Å². The molecule has 0 radical (unpaired) electrons. The van der Waals surface area contributed by atoms with Gasteiger partial charge in [-0.25, -0.2) is 0 Å². The first-order valence-electron chi connectivity index (χ1n) is 8.56. The van der Waals surface area contributed by atoms with Crippen molar-refractivity contribution in [2.45, 2.75) is 4.90 Å². The Hall–Kier alpha value is -3.38. The summed E-state index contributed by atoms with van der Waals surface area (Å²) in [5.74, 6) is -0.0472. The number of allylic oxidation sites excluding steroid dienone is 1. The topological polar surface area (TPSA) is 110 Å². The normalized spacial score (nSPS) is 11.6. The molecular weight excluding hydrogens is 463 g/mol. The molecule has 0 aliphatic heterocycles. The van der Waals surface area contributed by atoms with Crippen LogP contribution in [-0.2, 0) is 10.1 Å². The molecule has 0 bridgehead atoms. The van der Waals surface area contributed by atoms with Crippen LogP contribution in [0.4, 0.5) is 5.69 Å². The number of benzene rings is 3. The lowest BCUT2D eigenvalue weighted by Gasteiger charge is -2.11. The molecule has 0 N–H and O–H groups in total. The van der Waals surface area contributed by atoms with Gasteiger partial charge in [0.25, 0.3) is 5.69 Å². The molecule has 0 aliphatic rings. The molecule has 3 aromatic rings. The van der Waals surface area contributed by atoms with Crippen molar-refractivity contribution in [2.75, 3.05) is 0 Å². The second-order valence-corrected chi connectivity index (χ2v) is 8.57. The lowest BCUT2D eigenvalue weighted by Crippen LogP contribution is -2.10. The zero-order valence-electron chi connectivity index (χ0n) is 15.5. The Morgan fingerprint density at radius 1 is 1.00 bits per heavy atom. The molecule has 3 rings (SSSR count). The molecule has 0 heterocycles. The number of nitriles is 1. The van der Waals surface area contributed by atoms with Gasteiger partial charge in [0.1, 0.15) is 10.6 Å². The van der Waals surface area contributed by atoms with Crippen molar-refractivity contribution >= 4 is 50.7 Å². The van der Waals surface area contributed by atoms with Crippen LogP contribution >= 0.6 is 23.2 Å². The number of nitro benzene ring substituents is 1. The van der Waals surface area contributed by atoms with Gasteiger partial charge in [-0.15, -0.1) is 0 Å². The minimum Gasteiger partial charge on any atom is -0.378 e. The predicted molar refractivity (Wildman–Crippen MR) is 117 cm³/mol. The minimum atomic E-state index is -4.18. The molecule has 0 saturated heterocycles. The van der Waals surface area contributed by atoms with E-state index in [1.807, 2.05) is 6.07 Å². The summed E-state index contributed by atoms with van der Waals surface area (Å²) in [5, 5.41) is 21.0. The van der Waals surface area contributed by atoms with Crippen LogP contribution < -0.4 is 4.18 Å². The van der Waals surface area contributed by atoms with Crippen LogP contribution in [-0.4, -0.2) is 13.3 Å². The fourth-order valence-corrected chi connectivity index (χ4v) is 3.83. The van der Waals surface area contributed by atoms with Gasteiger partial charge in [-0.2, -0.15) is 13.7 Å². The van der Waals surface area contributed by atoms with Crippen LogP contribution in [0.5, 0.6) is 5.75 Å². The van der Waals surface area contributed by atoms with E-state index in [0.29, 0.717) is 15.6 Å². The number of halogens is 2. The van der Waals surface area contributed by atoms with Crippen molar-refractivity contribution in [1.29, 1.82) is 5.26 Å². The monoisotopic (exact) mass is 474 g/mol. The van der Waals surface area contributed by atoms with Crippen molar-refractivity contribution in [1.82, 2.24) is 0 Å². The Morgan fingerprint density at radius 3 is 2.19 bits per heavy atom. The van der Waals surface area contributed by atoms with E-state index in [2.05, 4.69) is 0 Å². The van der Waals surface area contributed by atoms with Crippen LogP contribution in [0, 0.1) is 21.4 Å². The molecule has 31 heavy (non-hydrogen) atoms. The van der Waals surface area contributed by atoms with Gasteiger partial charge in [0.15, 0.2) is 0 Å². The second kappa shape index (κ2) is 9.18. The minimum absolute atomic E-state index is 0.0472. The summed E-state index contributed by atoms with van der Waals surface area (Å²) in [5.41, 5.74) is 0.646. The molecule has 0 atom stereocenters. The summed E-state index contributed by atoms with van der Waals surface area (Å²) < 4.78 is 30.5. The molecule has 0 saturated carbocycles. The highest BCUT2D eigenvalue weighted by Crippen LogP contribution is 2.30. The third-order valence-corrected chi connectivity index (χ3v) is 5.82. The smallest absolute Gasteiger partial charge is 0.339 e. The third kappa shape index (κ3) is 5.41. The Labute approximate surface area is 188 Å². The van der Waals surface area contributed by atoms with Gasteiger partial charge in [0, 0.05) is 27.7 Å². The summed E-state index contributed by atoms with van der Waals surface area (Å²) in [6.45, 7) is 0. The van der Waals surface area contributed by atoms with Crippen LogP contribution in [0.15, 0.2) is 71.6 Å². The molecule has 0 unspecified atom stereocenters. The highest BCUT2D eigenvalue weighted by molar-refractivity contribution is 7.87. The Kier molecular flexibility index (Phi) is 6.61. The fraction of sp³-hybridized carbons (Fsp3) is 0. The number of non-ortho nitro benzene ring substituents is 1. The maximum atomic E-state index is 12.6. The number of rotatable bonds is 6. The van der Waals surface area contributed by atoms with Crippen LogP contribution in [0.2, 0.25) is 10.0 Å². The summed E-state index contributed by atoms with van der Waals surface area (Å²) >= 11 is 11.8. The fourth-order valence-electron chi connectivity index (χ4n) is 2.57. The first kappa shape index (κ1) is 22.3. The first-order valence-corrected chi connectivity index (χ1v) is 10.7. The largest absolute Gasteiger partial charge is 0.378 e. The summed E-state index contributed by atoms with van der Waals surface area (Å²) in [4.78, 5) is 10.2. The van der Waals surface area contributed by atoms with Crippen molar-refractivity contribution in [3.05, 3.63) is 98.0 Å². The van der Waals surface area contributed by atoms with Crippen LogP contribution in [0.3, 0.4) is 0 Å².